The summed E-state index contributed by atoms with van der Waals surface area (Å²) < 4.78 is 12.4. The predicted molar refractivity (Wildman–Crippen MR) is 108 cm³/mol. The molecule has 2 atom stereocenters. The molecule has 3 aromatic carbocycles. The molecule has 142 valence electrons. The molecule has 1 saturated heterocycles. The molecule has 0 radical (unpaired) electrons. The van der Waals surface area contributed by atoms with Gasteiger partial charge < -0.3 is 9.47 Å². The van der Waals surface area contributed by atoms with E-state index in [0.29, 0.717) is 13.2 Å². The van der Waals surface area contributed by atoms with Crippen molar-refractivity contribution in [3.63, 3.8) is 0 Å². The highest BCUT2D eigenvalue weighted by Crippen LogP contribution is 2.40. The largest absolute Gasteiger partial charge is 0.358 e. The van der Waals surface area contributed by atoms with Crippen LogP contribution < -0.4 is 5.32 Å². The van der Waals surface area contributed by atoms with Crippen molar-refractivity contribution in [2.24, 2.45) is 0 Å². The van der Waals surface area contributed by atoms with Crippen LogP contribution in [0.4, 0.5) is 0 Å². The van der Waals surface area contributed by atoms with Crippen LogP contribution in [0.2, 0.25) is 0 Å². The quantitative estimate of drug-likeness (QED) is 0.509. The molecule has 1 aliphatic heterocycles. The van der Waals surface area contributed by atoms with Crippen LogP contribution >= 0.6 is 0 Å². The molecule has 1 aliphatic rings. The molecule has 4 nitrogen and oxygen atoms in total. The molecule has 0 aromatic heterocycles. The standard InChI is InChI=1S/C24H23NO3/c26-17-23-25-16-22(28-23)18-27-24(19-10-4-1-5-11-19,20-12-6-2-7-13-20)21-14-8-3-9-15-21/h1-15,17,22-23,25H,16,18H2/t22-,23?/m1/s1. The summed E-state index contributed by atoms with van der Waals surface area (Å²) in [6, 6.07) is 30.7. The maximum absolute atomic E-state index is 11.0. The van der Waals surface area contributed by atoms with E-state index in [4.69, 9.17) is 9.47 Å². The first kappa shape index (κ1) is 18.6. The molecule has 0 amide bonds. The van der Waals surface area contributed by atoms with Crippen molar-refractivity contribution >= 4 is 6.29 Å². The van der Waals surface area contributed by atoms with Crippen LogP contribution in [0.3, 0.4) is 0 Å². The summed E-state index contributed by atoms with van der Waals surface area (Å²) >= 11 is 0. The van der Waals surface area contributed by atoms with Gasteiger partial charge in [-0.2, -0.15) is 0 Å². The Morgan fingerprint density at radius 3 is 1.71 bits per heavy atom. The zero-order chi connectivity index (χ0) is 19.2. The first-order valence-corrected chi connectivity index (χ1v) is 9.47. The van der Waals surface area contributed by atoms with Gasteiger partial charge >= 0.3 is 0 Å². The minimum atomic E-state index is -0.771. The second-order valence-corrected chi connectivity index (χ2v) is 6.81. The number of rotatable bonds is 7. The van der Waals surface area contributed by atoms with E-state index in [2.05, 4.69) is 41.7 Å². The number of aldehydes is 1. The zero-order valence-corrected chi connectivity index (χ0v) is 15.5. The van der Waals surface area contributed by atoms with Gasteiger partial charge in [-0.05, 0) is 16.7 Å². The Balaban J connectivity index is 1.78. The molecule has 0 bridgehead atoms. The van der Waals surface area contributed by atoms with Crippen molar-refractivity contribution in [3.8, 4) is 0 Å². The van der Waals surface area contributed by atoms with E-state index >= 15 is 0 Å². The van der Waals surface area contributed by atoms with Gasteiger partial charge in [0, 0.05) is 6.54 Å². The molecule has 3 aromatic rings. The molecule has 0 aliphatic carbocycles. The lowest BCUT2D eigenvalue weighted by Gasteiger charge is -2.36. The molecule has 0 saturated carbocycles. The van der Waals surface area contributed by atoms with Crippen LogP contribution in [-0.4, -0.2) is 31.8 Å². The molecule has 1 unspecified atom stereocenters. The number of benzene rings is 3. The van der Waals surface area contributed by atoms with E-state index < -0.39 is 11.8 Å². The summed E-state index contributed by atoms with van der Waals surface area (Å²) in [6.45, 7) is 0.938. The summed E-state index contributed by atoms with van der Waals surface area (Å²) in [7, 11) is 0. The van der Waals surface area contributed by atoms with Crippen LogP contribution in [0.15, 0.2) is 91.0 Å². The number of nitrogens with one attached hydrogen (secondary N) is 1. The average molecular weight is 373 g/mol. The maximum atomic E-state index is 11.0. The van der Waals surface area contributed by atoms with Crippen molar-refractivity contribution in [1.82, 2.24) is 5.32 Å². The van der Waals surface area contributed by atoms with Crippen LogP contribution in [0.1, 0.15) is 16.7 Å². The van der Waals surface area contributed by atoms with Gasteiger partial charge in [0.2, 0.25) is 0 Å². The summed E-state index contributed by atoms with van der Waals surface area (Å²) in [5, 5.41) is 3.04. The first-order chi connectivity index (χ1) is 13.8. The number of hydrogen-bond donors (Lipinski definition) is 1. The Labute approximate surface area is 165 Å². The minimum absolute atomic E-state index is 0.189. The summed E-state index contributed by atoms with van der Waals surface area (Å²) in [5.41, 5.74) is 2.37. The summed E-state index contributed by atoms with van der Waals surface area (Å²) in [6.07, 6.45) is 0.0256. The number of carbonyl (C=O) groups is 1. The molecule has 1 fully saturated rings. The molecule has 4 heteroatoms. The third-order valence-corrected chi connectivity index (χ3v) is 5.04. The Bertz CT molecular complexity index is 787. The molecule has 4 rings (SSSR count). The fourth-order valence-electron chi connectivity index (χ4n) is 3.72. The second kappa shape index (κ2) is 8.48. The van der Waals surface area contributed by atoms with E-state index in [1.807, 2.05) is 54.6 Å². The zero-order valence-electron chi connectivity index (χ0n) is 15.5. The Kier molecular flexibility index (Phi) is 5.63. The van der Waals surface area contributed by atoms with Crippen LogP contribution in [0.5, 0.6) is 0 Å². The van der Waals surface area contributed by atoms with Crippen molar-refractivity contribution in [2.45, 2.75) is 17.9 Å². The number of hydrogen-bond acceptors (Lipinski definition) is 4. The number of ether oxygens (including phenoxy) is 2. The van der Waals surface area contributed by atoms with Gasteiger partial charge in [0.05, 0.1) is 12.7 Å². The average Bonchev–Trinajstić information content (AvgIpc) is 3.25. The van der Waals surface area contributed by atoms with Gasteiger partial charge in [-0.3, -0.25) is 10.1 Å². The van der Waals surface area contributed by atoms with Gasteiger partial charge in [0.25, 0.3) is 0 Å². The summed E-state index contributed by atoms with van der Waals surface area (Å²) in [4.78, 5) is 11.0. The SMILES string of the molecule is O=CC1NC[C@H](COC(c2ccccc2)(c2ccccc2)c2ccccc2)O1. The molecule has 1 heterocycles. The van der Waals surface area contributed by atoms with Crippen molar-refractivity contribution in [1.29, 1.82) is 0 Å². The van der Waals surface area contributed by atoms with Crippen molar-refractivity contribution < 1.29 is 14.3 Å². The monoisotopic (exact) mass is 373 g/mol. The van der Waals surface area contributed by atoms with E-state index in [1.54, 1.807) is 0 Å². The topological polar surface area (TPSA) is 47.6 Å². The Morgan fingerprint density at radius 2 is 1.32 bits per heavy atom. The van der Waals surface area contributed by atoms with Gasteiger partial charge in [-0.15, -0.1) is 0 Å². The number of carbonyl (C=O) groups excluding carboxylic acids is 1. The third kappa shape index (κ3) is 3.62. The first-order valence-electron chi connectivity index (χ1n) is 9.47. The van der Waals surface area contributed by atoms with Gasteiger partial charge in [0.1, 0.15) is 5.60 Å². The van der Waals surface area contributed by atoms with Crippen molar-refractivity contribution in [3.05, 3.63) is 108 Å². The van der Waals surface area contributed by atoms with E-state index in [-0.39, 0.29) is 6.10 Å². The molecular formula is C24H23NO3. The third-order valence-electron chi connectivity index (χ3n) is 5.04. The van der Waals surface area contributed by atoms with Gasteiger partial charge in [-0.25, -0.2) is 0 Å². The lowest BCUT2D eigenvalue weighted by molar-refractivity contribution is -0.121. The highest BCUT2D eigenvalue weighted by atomic mass is 16.6. The van der Waals surface area contributed by atoms with Crippen LogP contribution in [0.25, 0.3) is 0 Å². The maximum Gasteiger partial charge on any atom is 0.165 e. The smallest absolute Gasteiger partial charge is 0.165 e. The van der Waals surface area contributed by atoms with Gasteiger partial charge in [-0.1, -0.05) is 91.0 Å². The fourth-order valence-corrected chi connectivity index (χ4v) is 3.72. The van der Waals surface area contributed by atoms with E-state index in [1.165, 1.54) is 0 Å². The van der Waals surface area contributed by atoms with E-state index in [9.17, 15) is 4.79 Å². The van der Waals surface area contributed by atoms with Crippen LogP contribution in [0, 0.1) is 0 Å². The Hall–Kier alpha value is -2.79. The van der Waals surface area contributed by atoms with Crippen molar-refractivity contribution in [2.75, 3.05) is 13.2 Å². The molecule has 28 heavy (non-hydrogen) atoms. The lowest BCUT2D eigenvalue weighted by atomic mass is 9.80. The van der Waals surface area contributed by atoms with Gasteiger partial charge in [0.15, 0.2) is 12.5 Å². The summed E-state index contributed by atoms with van der Waals surface area (Å²) in [5.74, 6) is 0. The second-order valence-electron chi connectivity index (χ2n) is 6.81. The van der Waals surface area contributed by atoms with Crippen LogP contribution in [-0.2, 0) is 19.9 Å². The molecule has 1 N–H and O–H groups in total. The minimum Gasteiger partial charge on any atom is -0.358 e. The molecular weight excluding hydrogens is 350 g/mol. The highest BCUT2D eigenvalue weighted by molar-refractivity contribution is 5.55. The fraction of sp³-hybridized carbons (Fsp3) is 0.208. The highest BCUT2D eigenvalue weighted by Gasteiger charge is 2.39. The normalized spacial score (nSPS) is 19.4. The Morgan fingerprint density at radius 1 is 0.857 bits per heavy atom. The lowest BCUT2D eigenvalue weighted by Crippen LogP contribution is -2.36. The molecule has 0 spiro atoms. The predicted octanol–water partition coefficient (Wildman–Crippen LogP) is 3.51. The van der Waals surface area contributed by atoms with E-state index in [0.717, 1.165) is 23.0 Å².